The lowest BCUT2D eigenvalue weighted by molar-refractivity contribution is 0.448. The molecule has 0 aliphatic heterocycles. The first-order valence-electron chi connectivity index (χ1n) is 6.59. The van der Waals surface area contributed by atoms with Gasteiger partial charge in [0.1, 0.15) is 0 Å². The molecule has 16 heavy (non-hydrogen) atoms. The van der Waals surface area contributed by atoms with Gasteiger partial charge in [0, 0.05) is 11.9 Å². The van der Waals surface area contributed by atoms with E-state index in [1.807, 2.05) is 6.20 Å². The van der Waals surface area contributed by atoms with Crippen molar-refractivity contribution in [2.45, 2.75) is 59.8 Å². The molecule has 1 heteroatoms. The quantitative estimate of drug-likeness (QED) is 0.688. The van der Waals surface area contributed by atoms with E-state index < -0.39 is 0 Å². The van der Waals surface area contributed by atoms with Gasteiger partial charge in [-0.3, -0.25) is 4.98 Å². The summed E-state index contributed by atoms with van der Waals surface area (Å²) in [6.45, 7) is 8.83. The molecular formula is C15H25N. The number of hydrogen-bond acceptors (Lipinski definition) is 1. The van der Waals surface area contributed by atoms with E-state index in [1.165, 1.54) is 48.9 Å². The highest BCUT2D eigenvalue weighted by atomic mass is 14.7. The maximum Gasteiger partial charge on any atom is 0.0404 e. The van der Waals surface area contributed by atoms with Gasteiger partial charge in [0.15, 0.2) is 0 Å². The smallest absolute Gasteiger partial charge is 0.0404 e. The Bertz CT molecular complexity index is 317. The molecule has 1 atom stereocenters. The summed E-state index contributed by atoms with van der Waals surface area (Å²) in [6, 6.07) is 2.30. The van der Waals surface area contributed by atoms with Gasteiger partial charge in [-0.15, -0.1) is 0 Å². The molecule has 0 fully saturated rings. The van der Waals surface area contributed by atoms with E-state index in [9.17, 15) is 0 Å². The number of unbranched alkanes of at least 4 members (excludes halogenated alkanes) is 1. The van der Waals surface area contributed by atoms with E-state index in [4.69, 9.17) is 0 Å². The second-order valence-corrected chi connectivity index (χ2v) is 4.88. The minimum atomic E-state index is 0.835. The fraction of sp³-hybridized carbons (Fsp3) is 0.667. The van der Waals surface area contributed by atoms with Crippen molar-refractivity contribution >= 4 is 0 Å². The van der Waals surface area contributed by atoms with Crippen molar-refractivity contribution in [2.75, 3.05) is 0 Å². The van der Waals surface area contributed by atoms with Gasteiger partial charge in [0.25, 0.3) is 0 Å². The molecule has 0 amide bonds. The second-order valence-electron chi connectivity index (χ2n) is 4.88. The van der Waals surface area contributed by atoms with Gasteiger partial charge >= 0.3 is 0 Å². The molecule has 0 spiro atoms. The van der Waals surface area contributed by atoms with Crippen LogP contribution in [0.25, 0.3) is 0 Å². The zero-order valence-electron chi connectivity index (χ0n) is 11.2. The Hall–Kier alpha value is -0.850. The normalized spacial score (nSPS) is 12.8. The van der Waals surface area contributed by atoms with Crippen LogP contribution in [0.15, 0.2) is 12.3 Å². The highest BCUT2D eigenvalue weighted by Crippen LogP contribution is 2.20. The van der Waals surface area contributed by atoms with Gasteiger partial charge < -0.3 is 0 Å². The predicted molar refractivity (Wildman–Crippen MR) is 70.7 cm³/mol. The maximum atomic E-state index is 4.45. The van der Waals surface area contributed by atoms with Crippen LogP contribution >= 0.6 is 0 Å². The standard InChI is InChI=1S/C15H25N/c1-5-7-8-14(6-2)10-15-9-12(3)11-16-13(15)4/h9,11,14H,5-8,10H2,1-4H3. The second kappa shape index (κ2) is 6.67. The minimum absolute atomic E-state index is 0.835. The van der Waals surface area contributed by atoms with E-state index in [2.05, 4.69) is 38.7 Å². The number of aromatic nitrogens is 1. The third-order valence-corrected chi connectivity index (χ3v) is 3.38. The van der Waals surface area contributed by atoms with Gasteiger partial charge in [0.05, 0.1) is 0 Å². The highest BCUT2D eigenvalue weighted by Gasteiger charge is 2.09. The van der Waals surface area contributed by atoms with Crippen molar-refractivity contribution in [1.29, 1.82) is 0 Å². The third-order valence-electron chi connectivity index (χ3n) is 3.38. The van der Waals surface area contributed by atoms with Crippen LogP contribution in [0.1, 0.15) is 56.4 Å². The Morgan fingerprint density at radius 1 is 1.25 bits per heavy atom. The topological polar surface area (TPSA) is 12.9 Å². The van der Waals surface area contributed by atoms with Crippen LogP contribution in [0.2, 0.25) is 0 Å². The molecular weight excluding hydrogens is 194 g/mol. The lowest BCUT2D eigenvalue weighted by Crippen LogP contribution is -2.06. The first-order valence-corrected chi connectivity index (χ1v) is 6.59. The van der Waals surface area contributed by atoms with E-state index in [-0.39, 0.29) is 0 Å². The summed E-state index contributed by atoms with van der Waals surface area (Å²) in [5.74, 6) is 0.835. The molecule has 90 valence electrons. The molecule has 0 saturated carbocycles. The van der Waals surface area contributed by atoms with E-state index in [0.717, 1.165) is 5.92 Å². The van der Waals surface area contributed by atoms with Gasteiger partial charge in [0.2, 0.25) is 0 Å². The molecule has 0 aliphatic rings. The van der Waals surface area contributed by atoms with E-state index in [0.29, 0.717) is 0 Å². The first-order chi connectivity index (χ1) is 7.67. The minimum Gasteiger partial charge on any atom is -0.261 e. The molecule has 0 saturated heterocycles. The molecule has 0 radical (unpaired) electrons. The summed E-state index contributed by atoms with van der Waals surface area (Å²) >= 11 is 0. The van der Waals surface area contributed by atoms with Crippen molar-refractivity contribution in [3.63, 3.8) is 0 Å². The zero-order chi connectivity index (χ0) is 12.0. The van der Waals surface area contributed by atoms with Crippen LogP contribution in [-0.4, -0.2) is 4.98 Å². The summed E-state index contributed by atoms with van der Waals surface area (Å²) in [4.78, 5) is 4.45. The Labute approximate surface area is 100 Å². The zero-order valence-corrected chi connectivity index (χ0v) is 11.2. The van der Waals surface area contributed by atoms with Crippen molar-refractivity contribution in [2.24, 2.45) is 5.92 Å². The molecule has 0 N–H and O–H groups in total. The number of rotatable bonds is 6. The summed E-state index contributed by atoms with van der Waals surface area (Å²) < 4.78 is 0. The monoisotopic (exact) mass is 219 g/mol. The number of nitrogens with zero attached hydrogens (tertiary/aromatic N) is 1. The molecule has 1 aromatic heterocycles. The predicted octanol–water partition coefficient (Wildman–Crippen LogP) is 4.46. The Morgan fingerprint density at radius 2 is 2.00 bits per heavy atom. The SMILES string of the molecule is CCCCC(CC)Cc1cc(C)cnc1C. The average molecular weight is 219 g/mol. The largest absolute Gasteiger partial charge is 0.261 e. The maximum absolute atomic E-state index is 4.45. The molecule has 1 unspecified atom stereocenters. The lowest BCUT2D eigenvalue weighted by Gasteiger charge is -2.15. The molecule has 1 heterocycles. The highest BCUT2D eigenvalue weighted by molar-refractivity contribution is 5.24. The van der Waals surface area contributed by atoms with Gasteiger partial charge in [-0.05, 0) is 37.3 Å². The fourth-order valence-corrected chi connectivity index (χ4v) is 2.16. The Kier molecular flexibility index (Phi) is 5.51. The number of aryl methyl sites for hydroxylation is 2. The Balaban J connectivity index is 2.65. The fourth-order valence-electron chi connectivity index (χ4n) is 2.16. The van der Waals surface area contributed by atoms with Crippen molar-refractivity contribution in [3.05, 3.63) is 29.1 Å². The molecule has 0 aliphatic carbocycles. The molecule has 0 bridgehead atoms. The third kappa shape index (κ3) is 3.96. The molecule has 0 aromatic carbocycles. The summed E-state index contributed by atoms with van der Waals surface area (Å²) in [7, 11) is 0. The van der Waals surface area contributed by atoms with Crippen molar-refractivity contribution in [3.8, 4) is 0 Å². The average Bonchev–Trinajstić information content (AvgIpc) is 2.28. The number of hydrogen-bond donors (Lipinski definition) is 0. The lowest BCUT2D eigenvalue weighted by atomic mass is 9.91. The van der Waals surface area contributed by atoms with Gasteiger partial charge in [-0.2, -0.15) is 0 Å². The van der Waals surface area contributed by atoms with Crippen LogP contribution in [0.3, 0.4) is 0 Å². The van der Waals surface area contributed by atoms with Gasteiger partial charge in [-0.1, -0.05) is 45.6 Å². The summed E-state index contributed by atoms with van der Waals surface area (Å²) in [6.07, 6.45) is 8.48. The molecule has 1 nitrogen and oxygen atoms in total. The van der Waals surface area contributed by atoms with Gasteiger partial charge in [-0.25, -0.2) is 0 Å². The van der Waals surface area contributed by atoms with Crippen LogP contribution in [0.5, 0.6) is 0 Å². The van der Waals surface area contributed by atoms with E-state index in [1.54, 1.807) is 0 Å². The molecule has 1 rings (SSSR count). The van der Waals surface area contributed by atoms with E-state index >= 15 is 0 Å². The first kappa shape index (κ1) is 13.2. The summed E-state index contributed by atoms with van der Waals surface area (Å²) in [5.41, 5.74) is 3.94. The summed E-state index contributed by atoms with van der Waals surface area (Å²) in [5, 5.41) is 0. The van der Waals surface area contributed by atoms with Crippen molar-refractivity contribution < 1.29 is 0 Å². The van der Waals surface area contributed by atoms with Crippen molar-refractivity contribution in [1.82, 2.24) is 4.98 Å². The Morgan fingerprint density at radius 3 is 2.62 bits per heavy atom. The van der Waals surface area contributed by atoms with Crippen LogP contribution < -0.4 is 0 Å². The number of pyridine rings is 1. The van der Waals surface area contributed by atoms with Crippen LogP contribution in [0, 0.1) is 19.8 Å². The molecule has 1 aromatic rings. The van der Waals surface area contributed by atoms with Crippen LogP contribution in [-0.2, 0) is 6.42 Å². The van der Waals surface area contributed by atoms with Crippen LogP contribution in [0.4, 0.5) is 0 Å².